The van der Waals surface area contributed by atoms with Crippen molar-refractivity contribution in [1.29, 1.82) is 0 Å². The van der Waals surface area contributed by atoms with E-state index in [9.17, 15) is 24.0 Å². The summed E-state index contributed by atoms with van der Waals surface area (Å²) >= 11 is 0. The molecule has 0 rings (SSSR count). The van der Waals surface area contributed by atoms with Gasteiger partial charge < -0.3 is 37.6 Å². The average Bonchev–Trinajstić information content (AvgIpc) is 2.67. The standard InChI is InChI=1S/C19H35N5O7/c1-5-10(4)15(18(29)23-13(8-25)19(30)31)24-17(28)12(7-14(21)26)22-16(27)11(20)6-9(2)3/h9-13,15,25H,5-8,20H2,1-4H3,(H2,21,26)(H,22,27)(H,23,29)(H,24,28)(H,30,31). The SMILES string of the molecule is CCC(C)C(NC(=O)C(CC(N)=O)NC(=O)C(N)CC(C)C)C(=O)NC(CO)C(=O)O. The first-order valence-corrected chi connectivity index (χ1v) is 10.1. The highest BCUT2D eigenvalue weighted by Crippen LogP contribution is 2.10. The average molecular weight is 446 g/mol. The van der Waals surface area contributed by atoms with E-state index in [2.05, 4.69) is 16.0 Å². The summed E-state index contributed by atoms with van der Waals surface area (Å²) in [6.07, 6.45) is 0.281. The molecule has 178 valence electrons. The zero-order chi connectivity index (χ0) is 24.3. The van der Waals surface area contributed by atoms with Crippen LogP contribution in [0.1, 0.15) is 47.0 Å². The Bertz CT molecular complexity index is 656. The van der Waals surface area contributed by atoms with E-state index in [1.54, 1.807) is 13.8 Å². The van der Waals surface area contributed by atoms with E-state index in [1.165, 1.54) is 0 Å². The second-order valence-electron chi connectivity index (χ2n) is 7.92. The van der Waals surface area contributed by atoms with Crippen molar-refractivity contribution in [2.24, 2.45) is 23.3 Å². The number of aliphatic hydroxyl groups excluding tert-OH is 1. The number of carbonyl (C=O) groups excluding carboxylic acids is 4. The number of hydrogen-bond donors (Lipinski definition) is 7. The molecule has 31 heavy (non-hydrogen) atoms. The van der Waals surface area contributed by atoms with Gasteiger partial charge in [-0.2, -0.15) is 0 Å². The van der Waals surface area contributed by atoms with Gasteiger partial charge >= 0.3 is 5.97 Å². The summed E-state index contributed by atoms with van der Waals surface area (Å²) < 4.78 is 0. The van der Waals surface area contributed by atoms with Crippen LogP contribution in [0.4, 0.5) is 0 Å². The van der Waals surface area contributed by atoms with Gasteiger partial charge in [-0.15, -0.1) is 0 Å². The van der Waals surface area contributed by atoms with Gasteiger partial charge in [0.25, 0.3) is 0 Å². The molecule has 0 bridgehead atoms. The van der Waals surface area contributed by atoms with Crippen molar-refractivity contribution in [2.75, 3.05) is 6.61 Å². The molecule has 0 radical (unpaired) electrons. The van der Waals surface area contributed by atoms with Crippen molar-refractivity contribution in [1.82, 2.24) is 16.0 Å². The van der Waals surface area contributed by atoms with Crippen LogP contribution in [0.15, 0.2) is 0 Å². The summed E-state index contributed by atoms with van der Waals surface area (Å²) in [6.45, 7) is 6.31. The van der Waals surface area contributed by atoms with E-state index in [4.69, 9.17) is 21.7 Å². The number of carboxylic acids is 1. The first-order valence-electron chi connectivity index (χ1n) is 10.1. The summed E-state index contributed by atoms with van der Waals surface area (Å²) in [6, 6.07) is -5.00. The number of amides is 4. The molecule has 0 aromatic rings. The highest BCUT2D eigenvalue weighted by Gasteiger charge is 2.33. The maximum atomic E-state index is 12.8. The van der Waals surface area contributed by atoms with Gasteiger partial charge in [0.1, 0.15) is 18.1 Å². The summed E-state index contributed by atoms with van der Waals surface area (Å²) in [5.74, 6) is -4.92. The number of carbonyl (C=O) groups is 5. The molecule has 0 saturated carbocycles. The molecule has 5 unspecified atom stereocenters. The number of nitrogens with two attached hydrogens (primary N) is 2. The fraction of sp³-hybridized carbons (Fsp3) is 0.737. The third kappa shape index (κ3) is 10.2. The van der Waals surface area contributed by atoms with Crippen molar-refractivity contribution in [3.63, 3.8) is 0 Å². The molecular weight excluding hydrogens is 410 g/mol. The minimum Gasteiger partial charge on any atom is -0.480 e. The Kier molecular flexibility index (Phi) is 12.4. The van der Waals surface area contributed by atoms with Crippen LogP contribution in [0.5, 0.6) is 0 Å². The Hall–Kier alpha value is -2.73. The van der Waals surface area contributed by atoms with Crippen LogP contribution < -0.4 is 27.4 Å². The second kappa shape index (κ2) is 13.5. The van der Waals surface area contributed by atoms with Crippen LogP contribution in [-0.4, -0.2) is 70.6 Å². The van der Waals surface area contributed by atoms with Crippen LogP contribution in [0.2, 0.25) is 0 Å². The van der Waals surface area contributed by atoms with Crippen molar-refractivity contribution in [3.8, 4) is 0 Å². The molecule has 0 aromatic heterocycles. The Morgan fingerprint density at radius 1 is 0.903 bits per heavy atom. The molecular formula is C19H35N5O7. The van der Waals surface area contributed by atoms with Crippen LogP contribution in [0.25, 0.3) is 0 Å². The number of nitrogens with one attached hydrogen (secondary N) is 3. The molecule has 4 amide bonds. The first kappa shape index (κ1) is 28.3. The number of hydrogen-bond acceptors (Lipinski definition) is 7. The summed E-state index contributed by atoms with van der Waals surface area (Å²) in [7, 11) is 0. The predicted molar refractivity (Wildman–Crippen MR) is 111 cm³/mol. The van der Waals surface area contributed by atoms with Crippen LogP contribution >= 0.6 is 0 Å². The first-order chi connectivity index (χ1) is 14.3. The maximum Gasteiger partial charge on any atom is 0.328 e. The van der Waals surface area contributed by atoms with Crippen molar-refractivity contribution >= 4 is 29.6 Å². The lowest BCUT2D eigenvalue weighted by atomic mass is 9.97. The van der Waals surface area contributed by atoms with Gasteiger partial charge in [0, 0.05) is 0 Å². The monoisotopic (exact) mass is 445 g/mol. The fourth-order valence-electron chi connectivity index (χ4n) is 2.71. The third-order valence-corrected chi connectivity index (χ3v) is 4.69. The molecule has 0 aliphatic heterocycles. The number of primary amides is 1. The topological polar surface area (TPSA) is 214 Å². The number of carboxylic acid groups (broad SMARTS) is 1. The van der Waals surface area contributed by atoms with Gasteiger partial charge in [-0.25, -0.2) is 4.79 Å². The highest BCUT2D eigenvalue weighted by molar-refractivity contribution is 5.96. The minimum absolute atomic E-state index is 0.122. The second-order valence-corrected chi connectivity index (χ2v) is 7.92. The largest absolute Gasteiger partial charge is 0.480 e. The van der Waals surface area contributed by atoms with Crippen molar-refractivity contribution < 1.29 is 34.2 Å². The zero-order valence-corrected chi connectivity index (χ0v) is 18.4. The summed E-state index contributed by atoms with van der Waals surface area (Å²) in [5, 5.41) is 25.1. The van der Waals surface area contributed by atoms with Gasteiger partial charge in [0.05, 0.1) is 19.1 Å². The normalized spacial score (nSPS) is 15.8. The Labute approximate surface area is 181 Å². The Morgan fingerprint density at radius 3 is 1.87 bits per heavy atom. The van der Waals surface area contributed by atoms with E-state index in [1.807, 2.05) is 13.8 Å². The predicted octanol–water partition coefficient (Wildman–Crippen LogP) is -2.19. The molecule has 9 N–H and O–H groups in total. The van der Waals surface area contributed by atoms with Gasteiger partial charge in [-0.05, 0) is 18.3 Å². The van der Waals surface area contributed by atoms with Crippen LogP contribution in [0.3, 0.4) is 0 Å². The van der Waals surface area contributed by atoms with Gasteiger partial charge in [-0.1, -0.05) is 34.1 Å². The summed E-state index contributed by atoms with van der Waals surface area (Å²) in [4.78, 5) is 60.1. The molecule has 0 aliphatic carbocycles. The number of aliphatic carboxylic acids is 1. The van der Waals surface area contributed by atoms with E-state index in [0.717, 1.165) is 0 Å². The molecule has 0 aromatic carbocycles. The zero-order valence-electron chi connectivity index (χ0n) is 18.4. The Morgan fingerprint density at radius 2 is 1.45 bits per heavy atom. The lowest BCUT2D eigenvalue weighted by Crippen LogP contribution is -2.59. The van der Waals surface area contributed by atoms with E-state index < -0.39 is 72.7 Å². The third-order valence-electron chi connectivity index (χ3n) is 4.69. The molecule has 5 atom stereocenters. The van der Waals surface area contributed by atoms with Crippen molar-refractivity contribution in [3.05, 3.63) is 0 Å². The fourth-order valence-corrected chi connectivity index (χ4v) is 2.71. The Balaban J connectivity index is 5.48. The van der Waals surface area contributed by atoms with Crippen LogP contribution in [0, 0.1) is 11.8 Å². The molecule has 0 spiro atoms. The molecule has 0 aliphatic rings. The minimum atomic E-state index is -1.55. The van der Waals surface area contributed by atoms with E-state index in [-0.39, 0.29) is 5.92 Å². The molecule has 12 heteroatoms. The smallest absolute Gasteiger partial charge is 0.328 e. The molecule has 0 heterocycles. The van der Waals surface area contributed by atoms with E-state index in [0.29, 0.717) is 12.8 Å². The highest BCUT2D eigenvalue weighted by atomic mass is 16.4. The van der Waals surface area contributed by atoms with Gasteiger partial charge in [0.2, 0.25) is 23.6 Å². The number of aliphatic hydroxyl groups is 1. The van der Waals surface area contributed by atoms with Crippen molar-refractivity contribution in [2.45, 2.75) is 71.1 Å². The number of rotatable bonds is 14. The van der Waals surface area contributed by atoms with Gasteiger partial charge in [-0.3, -0.25) is 19.2 Å². The molecule has 0 saturated heterocycles. The lowest BCUT2D eigenvalue weighted by molar-refractivity contribution is -0.143. The summed E-state index contributed by atoms with van der Waals surface area (Å²) in [5.41, 5.74) is 11.0. The maximum absolute atomic E-state index is 12.8. The van der Waals surface area contributed by atoms with Gasteiger partial charge in [0.15, 0.2) is 0 Å². The molecule has 12 nitrogen and oxygen atoms in total. The quantitative estimate of drug-likeness (QED) is 0.155. The van der Waals surface area contributed by atoms with E-state index >= 15 is 0 Å². The molecule has 0 fully saturated rings. The van der Waals surface area contributed by atoms with Crippen LogP contribution in [-0.2, 0) is 24.0 Å². The lowest BCUT2D eigenvalue weighted by Gasteiger charge is -2.27.